The van der Waals surface area contributed by atoms with E-state index in [1.807, 2.05) is 0 Å². The zero-order chi connectivity index (χ0) is 30.8. The van der Waals surface area contributed by atoms with Crippen molar-refractivity contribution in [2.75, 3.05) is 11.9 Å². The van der Waals surface area contributed by atoms with Gasteiger partial charge in [-0.15, -0.1) is 0 Å². The number of carbonyl (C=O) groups excluding carboxylic acids is 2. The number of nitrogens with zero attached hydrogens (tertiary/aromatic N) is 2. The maximum Gasteiger partial charge on any atom is 0.272 e. The van der Waals surface area contributed by atoms with Gasteiger partial charge < -0.3 is 25.3 Å². The monoisotopic (exact) mass is 629 g/mol. The highest BCUT2D eigenvalue weighted by Gasteiger charge is 2.35. The van der Waals surface area contributed by atoms with Crippen LogP contribution >= 0.6 is 23.2 Å². The standard InChI is InChI=1S/C28H29Cl2F4N5O3/c1-14(2)25(40)35-12-15-4-5-18(29)24(23(15)30)38-27-37-19-10-17(21(42-13-22(31)32)11-20(19)39(27)3)26(41)36-16-6-8-28(33,34)9-7-16/h4-5,10-11,16,22H,1,6-9,12-13H2,2-3H3,(H,35,40)(H,36,41)(H,37,38). The quantitative estimate of drug-likeness (QED) is 0.170. The summed E-state index contributed by atoms with van der Waals surface area (Å²) in [6, 6.07) is 5.57. The summed E-state index contributed by atoms with van der Waals surface area (Å²) in [7, 11) is 1.65. The van der Waals surface area contributed by atoms with E-state index in [1.165, 1.54) is 12.1 Å². The molecule has 1 aromatic heterocycles. The molecular weight excluding hydrogens is 601 g/mol. The molecule has 0 unspecified atom stereocenters. The summed E-state index contributed by atoms with van der Waals surface area (Å²) in [5.74, 6) is -3.61. The highest BCUT2D eigenvalue weighted by Crippen LogP contribution is 2.37. The van der Waals surface area contributed by atoms with Crippen LogP contribution in [0.25, 0.3) is 11.0 Å². The lowest BCUT2D eigenvalue weighted by Gasteiger charge is -2.29. The van der Waals surface area contributed by atoms with Gasteiger partial charge in [-0.3, -0.25) is 9.59 Å². The molecule has 0 aliphatic heterocycles. The van der Waals surface area contributed by atoms with Gasteiger partial charge in [-0.25, -0.2) is 22.5 Å². The first-order valence-electron chi connectivity index (χ1n) is 13.0. The summed E-state index contributed by atoms with van der Waals surface area (Å²) in [6.45, 7) is 4.33. The van der Waals surface area contributed by atoms with E-state index < -0.39 is 30.9 Å². The average molecular weight is 630 g/mol. The predicted molar refractivity (Wildman–Crippen MR) is 153 cm³/mol. The smallest absolute Gasteiger partial charge is 0.272 e. The lowest BCUT2D eigenvalue weighted by atomic mass is 9.92. The third kappa shape index (κ3) is 7.27. The second-order valence-corrected chi connectivity index (χ2v) is 10.9. The SMILES string of the molecule is C=C(C)C(=O)NCc1ccc(Cl)c(Nc2nc3cc(C(=O)NC4CCC(F)(F)CC4)c(OCC(F)F)cc3n2C)c1Cl. The van der Waals surface area contributed by atoms with Crippen LogP contribution in [-0.2, 0) is 18.4 Å². The van der Waals surface area contributed by atoms with Crippen molar-refractivity contribution in [2.24, 2.45) is 7.05 Å². The van der Waals surface area contributed by atoms with E-state index in [9.17, 15) is 27.2 Å². The van der Waals surface area contributed by atoms with Gasteiger partial charge in [-0.2, -0.15) is 0 Å². The Balaban J connectivity index is 1.64. The Bertz CT molecular complexity index is 1520. The number of amides is 2. The molecule has 2 aromatic carbocycles. The number of halogens is 6. The first-order chi connectivity index (χ1) is 19.8. The van der Waals surface area contributed by atoms with E-state index in [0.29, 0.717) is 27.9 Å². The topological polar surface area (TPSA) is 97.3 Å². The van der Waals surface area contributed by atoms with Crippen LogP contribution < -0.4 is 20.7 Å². The van der Waals surface area contributed by atoms with Crippen molar-refractivity contribution in [1.82, 2.24) is 20.2 Å². The van der Waals surface area contributed by atoms with Crippen molar-refractivity contribution in [1.29, 1.82) is 0 Å². The summed E-state index contributed by atoms with van der Waals surface area (Å²) in [4.78, 5) is 29.6. The second kappa shape index (κ2) is 12.8. The fourth-order valence-electron chi connectivity index (χ4n) is 4.51. The highest BCUT2D eigenvalue weighted by atomic mass is 35.5. The van der Waals surface area contributed by atoms with Crippen molar-refractivity contribution in [3.8, 4) is 5.75 Å². The van der Waals surface area contributed by atoms with Crippen LogP contribution in [-0.4, -0.2) is 46.4 Å². The molecule has 3 aromatic rings. The molecule has 4 rings (SSSR count). The number of aryl methyl sites for hydroxylation is 1. The molecule has 2 amide bonds. The number of hydrogen-bond donors (Lipinski definition) is 3. The van der Waals surface area contributed by atoms with Crippen molar-refractivity contribution in [2.45, 2.75) is 57.5 Å². The summed E-state index contributed by atoms with van der Waals surface area (Å²) in [5, 5.41) is 8.98. The molecule has 14 heteroatoms. The lowest BCUT2D eigenvalue weighted by molar-refractivity contribution is -0.117. The molecule has 0 spiro atoms. The van der Waals surface area contributed by atoms with Crippen molar-refractivity contribution in [3.05, 3.63) is 57.6 Å². The molecule has 1 heterocycles. The Morgan fingerprint density at radius 2 is 1.90 bits per heavy atom. The number of carbonyl (C=O) groups is 2. The van der Waals surface area contributed by atoms with Gasteiger partial charge >= 0.3 is 0 Å². The van der Waals surface area contributed by atoms with Crippen LogP contribution in [0.15, 0.2) is 36.4 Å². The summed E-state index contributed by atoms with van der Waals surface area (Å²) in [6.07, 6.45) is -3.33. The number of nitrogens with one attached hydrogen (secondary N) is 3. The molecule has 1 aliphatic carbocycles. The van der Waals surface area contributed by atoms with Crippen LogP contribution in [0.1, 0.15) is 48.5 Å². The Kier molecular flexibility index (Phi) is 9.56. The molecule has 1 fully saturated rings. The number of aromatic nitrogens is 2. The van der Waals surface area contributed by atoms with Gasteiger partial charge in [0.25, 0.3) is 12.3 Å². The van der Waals surface area contributed by atoms with Gasteiger partial charge in [0, 0.05) is 44.1 Å². The van der Waals surface area contributed by atoms with Crippen molar-refractivity contribution in [3.63, 3.8) is 0 Å². The minimum Gasteiger partial charge on any atom is -0.487 e. The van der Waals surface area contributed by atoms with E-state index in [4.69, 9.17) is 27.9 Å². The molecule has 8 nitrogen and oxygen atoms in total. The Morgan fingerprint density at radius 1 is 1.21 bits per heavy atom. The third-order valence-corrected chi connectivity index (χ3v) is 7.63. The van der Waals surface area contributed by atoms with Crippen LogP contribution in [0.3, 0.4) is 0 Å². The van der Waals surface area contributed by atoms with Gasteiger partial charge in [0.1, 0.15) is 12.4 Å². The number of benzene rings is 2. The number of alkyl halides is 4. The molecular formula is C28H29Cl2F4N5O3. The van der Waals surface area contributed by atoms with Gasteiger partial charge in [0.15, 0.2) is 0 Å². The zero-order valence-electron chi connectivity index (χ0n) is 22.8. The van der Waals surface area contributed by atoms with Gasteiger partial charge in [0.05, 0.1) is 32.3 Å². The second-order valence-electron chi connectivity index (χ2n) is 10.1. The number of rotatable bonds is 10. The highest BCUT2D eigenvalue weighted by molar-refractivity contribution is 6.39. The molecule has 226 valence electrons. The summed E-state index contributed by atoms with van der Waals surface area (Å²) >= 11 is 13.0. The van der Waals surface area contributed by atoms with Crippen LogP contribution in [0, 0.1) is 0 Å². The van der Waals surface area contributed by atoms with Crippen LogP contribution in [0.2, 0.25) is 10.0 Å². The Labute approximate surface area is 249 Å². The first-order valence-corrected chi connectivity index (χ1v) is 13.8. The van der Waals surface area contributed by atoms with Crippen molar-refractivity contribution >= 4 is 57.7 Å². The number of imidazole rings is 1. The maximum atomic E-state index is 13.6. The van der Waals surface area contributed by atoms with Gasteiger partial charge in [-0.1, -0.05) is 35.8 Å². The molecule has 42 heavy (non-hydrogen) atoms. The van der Waals surface area contributed by atoms with E-state index in [0.717, 1.165) is 0 Å². The van der Waals surface area contributed by atoms with Gasteiger partial charge in [0.2, 0.25) is 17.8 Å². The van der Waals surface area contributed by atoms with E-state index in [2.05, 4.69) is 27.5 Å². The fourth-order valence-corrected chi connectivity index (χ4v) is 5.05. The predicted octanol–water partition coefficient (Wildman–Crippen LogP) is 6.77. The molecule has 0 bridgehead atoms. The minimum atomic E-state index is -2.79. The number of ether oxygens (including phenoxy) is 1. The Morgan fingerprint density at radius 3 is 2.55 bits per heavy atom. The number of fused-ring (bicyclic) bond motifs is 1. The van der Waals surface area contributed by atoms with E-state index >= 15 is 0 Å². The van der Waals surface area contributed by atoms with Crippen LogP contribution in [0.5, 0.6) is 5.75 Å². The third-order valence-electron chi connectivity index (χ3n) is 6.88. The molecule has 1 saturated carbocycles. The van der Waals surface area contributed by atoms with E-state index in [-0.39, 0.29) is 65.4 Å². The molecule has 0 radical (unpaired) electrons. The number of hydrogen-bond acceptors (Lipinski definition) is 5. The molecule has 0 saturated heterocycles. The summed E-state index contributed by atoms with van der Waals surface area (Å²) < 4.78 is 60.0. The maximum absolute atomic E-state index is 13.6. The fraction of sp³-hybridized carbons (Fsp3) is 0.393. The lowest BCUT2D eigenvalue weighted by Crippen LogP contribution is -2.40. The normalized spacial score (nSPS) is 15.1. The van der Waals surface area contributed by atoms with Crippen LogP contribution in [0.4, 0.5) is 29.2 Å². The summed E-state index contributed by atoms with van der Waals surface area (Å²) in [5.41, 5.74) is 1.91. The molecule has 0 atom stereocenters. The molecule has 3 N–H and O–H groups in total. The number of anilines is 2. The van der Waals surface area contributed by atoms with Gasteiger partial charge in [-0.05, 0) is 37.5 Å². The first kappa shape index (κ1) is 31.4. The molecule has 1 aliphatic rings. The zero-order valence-corrected chi connectivity index (χ0v) is 24.3. The van der Waals surface area contributed by atoms with E-state index in [1.54, 1.807) is 30.7 Å². The minimum absolute atomic E-state index is 0.0588. The average Bonchev–Trinajstić information content (AvgIpc) is 3.23. The Hall–Kier alpha value is -3.51. The van der Waals surface area contributed by atoms with Crippen molar-refractivity contribution < 1.29 is 31.9 Å². The largest absolute Gasteiger partial charge is 0.487 e.